The molecule has 0 radical (unpaired) electrons. The Kier molecular flexibility index (Phi) is 4.95. The van der Waals surface area contributed by atoms with E-state index in [-0.39, 0.29) is 0 Å². The number of nitriles is 1. The highest BCUT2D eigenvalue weighted by atomic mass is 79.9. The summed E-state index contributed by atoms with van der Waals surface area (Å²) in [7, 11) is 2.05. The smallest absolute Gasteiger partial charge is 0.225 e. The summed E-state index contributed by atoms with van der Waals surface area (Å²) in [4.78, 5) is 17.6. The van der Waals surface area contributed by atoms with E-state index in [1.54, 1.807) is 6.20 Å². The monoisotopic (exact) mass is 386 g/mol. The first-order valence-electron chi connectivity index (χ1n) is 7.90. The number of rotatable bonds is 3. The molecule has 0 saturated carbocycles. The molecule has 7 heteroatoms. The second-order valence-electron chi connectivity index (χ2n) is 6.03. The predicted octanol–water partition coefficient (Wildman–Crippen LogP) is 2.92. The average molecular weight is 387 g/mol. The molecule has 1 fully saturated rings. The predicted molar refractivity (Wildman–Crippen MR) is 97.1 cm³/mol. The van der Waals surface area contributed by atoms with E-state index in [0.29, 0.717) is 11.6 Å². The normalized spacial score (nSPS) is 15.2. The lowest BCUT2D eigenvalue weighted by atomic mass is 10.0. The Morgan fingerprint density at radius 3 is 2.50 bits per heavy atom. The van der Waals surface area contributed by atoms with E-state index in [4.69, 9.17) is 0 Å². The van der Waals surface area contributed by atoms with Gasteiger partial charge < -0.3 is 9.80 Å². The number of piperidine rings is 1. The van der Waals surface area contributed by atoms with Crippen LogP contribution in [0.2, 0.25) is 0 Å². The van der Waals surface area contributed by atoms with Gasteiger partial charge in [-0.1, -0.05) is 0 Å². The molecule has 0 amide bonds. The molecule has 1 saturated heterocycles. The van der Waals surface area contributed by atoms with Crippen LogP contribution in [0.15, 0.2) is 29.1 Å². The molecule has 0 bridgehead atoms. The van der Waals surface area contributed by atoms with Crippen LogP contribution in [0.1, 0.15) is 24.0 Å². The van der Waals surface area contributed by atoms with Crippen LogP contribution in [-0.2, 0) is 0 Å². The molecular formula is C17H19BrN6. The van der Waals surface area contributed by atoms with Crippen molar-refractivity contribution in [3.05, 3.63) is 40.3 Å². The summed E-state index contributed by atoms with van der Waals surface area (Å²) < 4.78 is 0.828. The van der Waals surface area contributed by atoms with Gasteiger partial charge >= 0.3 is 0 Å². The molecule has 1 aliphatic heterocycles. The van der Waals surface area contributed by atoms with E-state index < -0.39 is 0 Å². The van der Waals surface area contributed by atoms with Crippen LogP contribution in [0.5, 0.6) is 0 Å². The van der Waals surface area contributed by atoms with Crippen LogP contribution in [0.3, 0.4) is 0 Å². The Morgan fingerprint density at radius 1 is 1.21 bits per heavy atom. The average Bonchev–Trinajstić information content (AvgIpc) is 2.62. The van der Waals surface area contributed by atoms with Gasteiger partial charge in [0.05, 0.1) is 5.56 Å². The zero-order chi connectivity index (χ0) is 17.1. The van der Waals surface area contributed by atoms with Gasteiger partial charge in [0.15, 0.2) is 0 Å². The van der Waals surface area contributed by atoms with Crippen molar-refractivity contribution in [2.45, 2.75) is 25.8 Å². The van der Waals surface area contributed by atoms with Crippen molar-refractivity contribution in [1.29, 1.82) is 5.26 Å². The second kappa shape index (κ2) is 7.14. The fourth-order valence-corrected chi connectivity index (χ4v) is 3.29. The molecule has 0 aliphatic carbocycles. The largest absolute Gasteiger partial charge is 0.355 e. The van der Waals surface area contributed by atoms with Crippen LogP contribution in [-0.4, -0.2) is 41.1 Å². The van der Waals surface area contributed by atoms with Crippen molar-refractivity contribution in [1.82, 2.24) is 15.0 Å². The van der Waals surface area contributed by atoms with Gasteiger partial charge in [0.2, 0.25) is 5.95 Å². The molecule has 0 N–H and O–H groups in total. The summed E-state index contributed by atoms with van der Waals surface area (Å²) in [6.45, 7) is 3.72. The molecule has 24 heavy (non-hydrogen) atoms. The van der Waals surface area contributed by atoms with E-state index in [1.165, 1.54) is 0 Å². The molecule has 1 aliphatic rings. The van der Waals surface area contributed by atoms with Crippen LogP contribution < -0.4 is 9.80 Å². The van der Waals surface area contributed by atoms with Crippen LogP contribution in [0, 0.1) is 18.3 Å². The van der Waals surface area contributed by atoms with Gasteiger partial charge in [0.25, 0.3) is 0 Å². The zero-order valence-corrected chi connectivity index (χ0v) is 15.4. The molecule has 124 valence electrons. The molecule has 2 aromatic rings. The third-order valence-corrected chi connectivity index (χ3v) is 4.78. The lowest BCUT2D eigenvalue weighted by molar-refractivity contribution is 0.475. The van der Waals surface area contributed by atoms with Crippen molar-refractivity contribution >= 4 is 27.7 Å². The first-order valence-corrected chi connectivity index (χ1v) is 8.70. The zero-order valence-electron chi connectivity index (χ0n) is 13.8. The number of pyridine rings is 1. The minimum absolute atomic E-state index is 0.393. The lowest BCUT2D eigenvalue weighted by Crippen LogP contribution is -2.44. The molecule has 0 unspecified atom stereocenters. The van der Waals surface area contributed by atoms with Gasteiger partial charge in [0, 0.05) is 49.2 Å². The molecule has 0 aromatic carbocycles. The maximum atomic E-state index is 9.32. The SMILES string of the molecule is Cc1cnc(N(C)C2CCN(c3ncc(Br)cc3C#N)CC2)nc1. The summed E-state index contributed by atoms with van der Waals surface area (Å²) in [6.07, 6.45) is 7.40. The van der Waals surface area contributed by atoms with Crippen molar-refractivity contribution < 1.29 is 0 Å². The highest BCUT2D eigenvalue weighted by Crippen LogP contribution is 2.26. The van der Waals surface area contributed by atoms with E-state index in [0.717, 1.165) is 47.7 Å². The summed E-state index contributed by atoms with van der Waals surface area (Å²) in [5.41, 5.74) is 1.67. The second-order valence-corrected chi connectivity index (χ2v) is 6.94. The van der Waals surface area contributed by atoms with Crippen LogP contribution in [0.25, 0.3) is 0 Å². The first kappa shape index (κ1) is 16.7. The summed E-state index contributed by atoms with van der Waals surface area (Å²) >= 11 is 3.37. The minimum atomic E-state index is 0.393. The minimum Gasteiger partial charge on any atom is -0.355 e. The summed E-state index contributed by atoms with van der Waals surface area (Å²) in [5, 5.41) is 9.32. The van der Waals surface area contributed by atoms with Crippen LogP contribution >= 0.6 is 15.9 Å². The molecular weight excluding hydrogens is 368 g/mol. The Morgan fingerprint density at radius 2 is 1.88 bits per heavy atom. The number of hydrogen-bond acceptors (Lipinski definition) is 6. The number of nitrogens with zero attached hydrogens (tertiary/aromatic N) is 6. The van der Waals surface area contributed by atoms with Gasteiger partial charge in [-0.25, -0.2) is 15.0 Å². The number of anilines is 2. The quantitative estimate of drug-likeness (QED) is 0.807. The molecule has 2 aromatic heterocycles. The van der Waals surface area contributed by atoms with Gasteiger partial charge in [0.1, 0.15) is 11.9 Å². The molecule has 3 heterocycles. The number of aromatic nitrogens is 3. The fraction of sp³-hybridized carbons (Fsp3) is 0.412. The van der Waals surface area contributed by atoms with Crippen molar-refractivity contribution in [3.63, 3.8) is 0 Å². The van der Waals surface area contributed by atoms with Gasteiger partial charge in [-0.15, -0.1) is 0 Å². The van der Waals surface area contributed by atoms with Gasteiger partial charge in [-0.05, 0) is 47.3 Å². The van der Waals surface area contributed by atoms with E-state index in [2.05, 4.69) is 46.8 Å². The Balaban J connectivity index is 1.68. The first-order chi connectivity index (χ1) is 11.6. The molecule has 6 nitrogen and oxygen atoms in total. The third kappa shape index (κ3) is 3.49. The maximum absolute atomic E-state index is 9.32. The third-order valence-electron chi connectivity index (χ3n) is 4.35. The number of hydrogen-bond donors (Lipinski definition) is 0. The highest BCUT2D eigenvalue weighted by Gasteiger charge is 2.25. The molecule has 0 spiro atoms. The Bertz CT molecular complexity index is 747. The topological polar surface area (TPSA) is 68.9 Å². The van der Waals surface area contributed by atoms with Crippen molar-refractivity contribution in [2.75, 3.05) is 29.9 Å². The molecule has 0 atom stereocenters. The maximum Gasteiger partial charge on any atom is 0.225 e. The Labute approximate surface area is 150 Å². The lowest BCUT2D eigenvalue weighted by Gasteiger charge is -2.37. The van der Waals surface area contributed by atoms with Gasteiger partial charge in [-0.2, -0.15) is 5.26 Å². The fourth-order valence-electron chi connectivity index (χ4n) is 2.96. The van der Waals surface area contributed by atoms with Crippen LogP contribution in [0.4, 0.5) is 11.8 Å². The van der Waals surface area contributed by atoms with Crippen molar-refractivity contribution in [2.24, 2.45) is 0 Å². The number of aryl methyl sites for hydroxylation is 1. The highest BCUT2D eigenvalue weighted by molar-refractivity contribution is 9.10. The Hall–Kier alpha value is -2.20. The van der Waals surface area contributed by atoms with E-state index >= 15 is 0 Å². The van der Waals surface area contributed by atoms with E-state index in [1.807, 2.05) is 32.4 Å². The number of halogens is 1. The molecule has 3 rings (SSSR count). The van der Waals surface area contributed by atoms with Crippen molar-refractivity contribution in [3.8, 4) is 6.07 Å². The summed E-state index contributed by atoms with van der Waals surface area (Å²) in [5.74, 6) is 1.53. The van der Waals surface area contributed by atoms with E-state index in [9.17, 15) is 5.26 Å². The standard InChI is InChI=1S/C17H19BrN6/c1-12-9-21-17(22-10-12)23(2)15-3-5-24(6-4-15)16-13(8-19)7-14(18)11-20-16/h7,9-11,15H,3-6H2,1-2H3. The van der Waals surface area contributed by atoms with Gasteiger partial charge in [-0.3, -0.25) is 0 Å². The summed E-state index contributed by atoms with van der Waals surface area (Å²) in [6, 6.07) is 4.45.